The van der Waals surface area contributed by atoms with Crippen molar-refractivity contribution < 1.29 is 0 Å². The molecular weight excluding hydrogens is 273 g/mol. The quantitative estimate of drug-likeness (QED) is 0.581. The summed E-state index contributed by atoms with van der Waals surface area (Å²) in [6, 6.07) is 12.1. The van der Waals surface area contributed by atoms with Crippen LogP contribution in [0.5, 0.6) is 0 Å². The third-order valence-electron chi connectivity index (χ3n) is 2.28. The average Bonchev–Trinajstić information content (AvgIpc) is 2.28. The molecule has 0 aliphatic rings. The van der Waals surface area contributed by atoms with Crippen molar-refractivity contribution in [3.8, 4) is 0 Å². The second kappa shape index (κ2) is 5.76. The molecule has 1 aromatic heterocycles. The van der Waals surface area contributed by atoms with E-state index in [0.717, 1.165) is 11.3 Å². The summed E-state index contributed by atoms with van der Waals surface area (Å²) in [6.07, 6.45) is 0. The SMILES string of the molecule is Cc1cccc(SCc2ccc(Cl)nc2Cl)c1. The lowest BCUT2D eigenvalue weighted by atomic mass is 10.2. The number of aromatic nitrogens is 1. The maximum absolute atomic E-state index is 6.02. The van der Waals surface area contributed by atoms with Crippen LogP contribution in [-0.2, 0) is 5.75 Å². The highest BCUT2D eigenvalue weighted by molar-refractivity contribution is 7.98. The minimum atomic E-state index is 0.430. The molecule has 2 rings (SSSR count). The van der Waals surface area contributed by atoms with Gasteiger partial charge in [-0.1, -0.05) is 47.0 Å². The molecule has 0 unspecified atom stereocenters. The predicted octanol–water partition coefficient (Wildman–Crippen LogP) is 4.99. The van der Waals surface area contributed by atoms with Crippen LogP contribution in [0.25, 0.3) is 0 Å². The van der Waals surface area contributed by atoms with E-state index in [1.54, 1.807) is 17.8 Å². The van der Waals surface area contributed by atoms with E-state index in [4.69, 9.17) is 23.2 Å². The van der Waals surface area contributed by atoms with Gasteiger partial charge in [-0.25, -0.2) is 4.98 Å². The summed E-state index contributed by atoms with van der Waals surface area (Å²) >= 11 is 13.5. The summed E-state index contributed by atoms with van der Waals surface area (Å²) in [6.45, 7) is 2.08. The average molecular weight is 284 g/mol. The Morgan fingerprint density at radius 3 is 2.71 bits per heavy atom. The molecule has 0 atom stereocenters. The van der Waals surface area contributed by atoms with E-state index in [9.17, 15) is 0 Å². The van der Waals surface area contributed by atoms with E-state index in [0.29, 0.717) is 10.3 Å². The van der Waals surface area contributed by atoms with Crippen molar-refractivity contribution >= 4 is 35.0 Å². The van der Waals surface area contributed by atoms with E-state index in [1.807, 2.05) is 6.07 Å². The van der Waals surface area contributed by atoms with Crippen molar-refractivity contribution in [3.63, 3.8) is 0 Å². The van der Waals surface area contributed by atoms with Gasteiger partial charge in [-0.15, -0.1) is 11.8 Å². The third-order valence-corrected chi connectivity index (χ3v) is 3.86. The Labute approximate surface area is 115 Å². The minimum absolute atomic E-state index is 0.430. The summed E-state index contributed by atoms with van der Waals surface area (Å²) in [7, 11) is 0. The molecule has 0 radical (unpaired) electrons. The summed E-state index contributed by atoms with van der Waals surface area (Å²) in [5.74, 6) is 0.798. The standard InChI is InChI=1S/C13H11Cl2NS/c1-9-3-2-4-11(7-9)17-8-10-5-6-12(14)16-13(10)15/h2-7H,8H2,1H3. The van der Waals surface area contributed by atoms with Gasteiger partial charge in [0.15, 0.2) is 0 Å². The zero-order valence-electron chi connectivity index (χ0n) is 9.28. The van der Waals surface area contributed by atoms with Gasteiger partial charge < -0.3 is 0 Å². The number of benzene rings is 1. The molecule has 1 aromatic carbocycles. The van der Waals surface area contributed by atoms with E-state index in [-0.39, 0.29) is 0 Å². The van der Waals surface area contributed by atoms with E-state index in [1.165, 1.54) is 10.5 Å². The smallest absolute Gasteiger partial charge is 0.134 e. The predicted molar refractivity (Wildman–Crippen MR) is 75.0 cm³/mol. The summed E-state index contributed by atoms with van der Waals surface area (Å²) < 4.78 is 0. The van der Waals surface area contributed by atoms with E-state index >= 15 is 0 Å². The Morgan fingerprint density at radius 1 is 1.18 bits per heavy atom. The second-order valence-corrected chi connectivity index (χ2v) is 5.48. The molecule has 0 fully saturated rings. The van der Waals surface area contributed by atoms with Gasteiger partial charge in [0.25, 0.3) is 0 Å². The van der Waals surface area contributed by atoms with E-state index in [2.05, 4.69) is 36.2 Å². The van der Waals surface area contributed by atoms with Crippen LogP contribution in [-0.4, -0.2) is 4.98 Å². The van der Waals surface area contributed by atoms with Gasteiger partial charge in [0.2, 0.25) is 0 Å². The Balaban J connectivity index is 2.07. The van der Waals surface area contributed by atoms with Gasteiger partial charge in [0.1, 0.15) is 10.3 Å². The van der Waals surface area contributed by atoms with Gasteiger partial charge >= 0.3 is 0 Å². The largest absolute Gasteiger partial charge is 0.224 e. The van der Waals surface area contributed by atoms with Gasteiger partial charge in [0.05, 0.1) is 0 Å². The van der Waals surface area contributed by atoms with Crippen LogP contribution < -0.4 is 0 Å². The molecule has 0 aliphatic carbocycles. The molecular formula is C13H11Cl2NS. The molecule has 0 N–H and O–H groups in total. The van der Waals surface area contributed by atoms with Crippen molar-refractivity contribution in [1.82, 2.24) is 4.98 Å². The zero-order chi connectivity index (χ0) is 12.3. The molecule has 0 saturated carbocycles. The first-order valence-corrected chi connectivity index (χ1v) is 6.90. The zero-order valence-corrected chi connectivity index (χ0v) is 11.6. The summed E-state index contributed by atoms with van der Waals surface area (Å²) in [5.41, 5.74) is 2.26. The van der Waals surface area contributed by atoms with Crippen LogP contribution in [0, 0.1) is 6.92 Å². The maximum Gasteiger partial charge on any atom is 0.134 e. The lowest BCUT2D eigenvalue weighted by Gasteiger charge is -2.04. The highest BCUT2D eigenvalue weighted by atomic mass is 35.5. The summed E-state index contributed by atoms with van der Waals surface area (Å²) in [4.78, 5) is 5.25. The number of nitrogens with zero attached hydrogens (tertiary/aromatic N) is 1. The Hall–Kier alpha value is -0.700. The second-order valence-electron chi connectivity index (χ2n) is 3.69. The van der Waals surface area contributed by atoms with Crippen LogP contribution in [0.4, 0.5) is 0 Å². The van der Waals surface area contributed by atoms with Crippen LogP contribution in [0.15, 0.2) is 41.3 Å². The molecule has 88 valence electrons. The van der Waals surface area contributed by atoms with Gasteiger partial charge in [0, 0.05) is 10.6 Å². The fraction of sp³-hybridized carbons (Fsp3) is 0.154. The number of thioether (sulfide) groups is 1. The van der Waals surface area contributed by atoms with Gasteiger partial charge in [-0.05, 0) is 30.7 Å². The molecule has 0 bridgehead atoms. The number of rotatable bonds is 3. The maximum atomic E-state index is 6.02. The van der Waals surface area contributed by atoms with Crippen LogP contribution in [0.3, 0.4) is 0 Å². The third kappa shape index (κ3) is 3.63. The molecule has 1 nitrogen and oxygen atoms in total. The highest BCUT2D eigenvalue weighted by Gasteiger charge is 2.03. The Kier molecular flexibility index (Phi) is 4.32. The first kappa shape index (κ1) is 12.7. The molecule has 0 amide bonds. The van der Waals surface area contributed by atoms with Gasteiger partial charge in [-0.2, -0.15) is 0 Å². The molecule has 1 heterocycles. The fourth-order valence-electron chi connectivity index (χ4n) is 1.41. The van der Waals surface area contributed by atoms with Crippen molar-refractivity contribution in [2.75, 3.05) is 0 Å². The van der Waals surface area contributed by atoms with Gasteiger partial charge in [-0.3, -0.25) is 0 Å². The lowest BCUT2D eigenvalue weighted by Crippen LogP contribution is -1.86. The number of aryl methyl sites for hydroxylation is 1. The van der Waals surface area contributed by atoms with Crippen LogP contribution in [0.1, 0.15) is 11.1 Å². The Bertz CT molecular complexity index is 529. The van der Waals surface area contributed by atoms with Crippen LogP contribution >= 0.6 is 35.0 Å². The molecule has 0 saturated heterocycles. The van der Waals surface area contributed by atoms with E-state index < -0.39 is 0 Å². The van der Waals surface area contributed by atoms with Crippen molar-refractivity contribution in [1.29, 1.82) is 0 Å². The first-order valence-electron chi connectivity index (χ1n) is 5.15. The number of pyridine rings is 1. The first-order chi connectivity index (χ1) is 8.15. The van der Waals surface area contributed by atoms with Crippen molar-refractivity contribution in [3.05, 3.63) is 57.8 Å². The fourth-order valence-corrected chi connectivity index (χ4v) is 2.90. The van der Waals surface area contributed by atoms with Crippen LogP contribution in [0.2, 0.25) is 10.3 Å². The molecule has 17 heavy (non-hydrogen) atoms. The topological polar surface area (TPSA) is 12.9 Å². The highest BCUT2D eigenvalue weighted by Crippen LogP contribution is 2.27. The lowest BCUT2D eigenvalue weighted by molar-refractivity contribution is 1.25. The molecule has 2 aromatic rings. The summed E-state index contributed by atoms with van der Waals surface area (Å²) in [5, 5.41) is 0.914. The number of halogens is 2. The van der Waals surface area contributed by atoms with Crippen molar-refractivity contribution in [2.24, 2.45) is 0 Å². The number of hydrogen-bond donors (Lipinski definition) is 0. The monoisotopic (exact) mass is 283 g/mol. The van der Waals surface area contributed by atoms with Crippen molar-refractivity contribution in [2.45, 2.75) is 17.6 Å². The minimum Gasteiger partial charge on any atom is -0.224 e. The number of hydrogen-bond acceptors (Lipinski definition) is 2. The Morgan fingerprint density at radius 2 is 2.00 bits per heavy atom. The molecule has 0 spiro atoms. The molecule has 0 aliphatic heterocycles. The molecule has 4 heteroatoms. The normalized spacial score (nSPS) is 10.5.